The van der Waals surface area contributed by atoms with E-state index in [0.29, 0.717) is 12.6 Å². The summed E-state index contributed by atoms with van der Waals surface area (Å²) in [6, 6.07) is 8.95. The SMILES string of the molecule is Cc1ncn(CC(=O)N(C)C[C@H]2Cc3ccccc3CN2C)c1C. The van der Waals surface area contributed by atoms with E-state index in [0.717, 1.165) is 30.9 Å². The van der Waals surface area contributed by atoms with Crippen molar-refractivity contribution in [2.45, 2.75) is 39.4 Å². The van der Waals surface area contributed by atoms with Gasteiger partial charge < -0.3 is 9.47 Å². The highest BCUT2D eigenvalue weighted by Gasteiger charge is 2.25. The van der Waals surface area contributed by atoms with Crippen LogP contribution < -0.4 is 0 Å². The summed E-state index contributed by atoms with van der Waals surface area (Å²) in [6.45, 7) is 6.02. The highest BCUT2D eigenvalue weighted by atomic mass is 16.2. The molecule has 0 saturated carbocycles. The zero-order valence-corrected chi connectivity index (χ0v) is 15.0. The third kappa shape index (κ3) is 3.36. The van der Waals surface area contributed by atoms with Gasteiger partial charge in [0.1, 0.15) is 6.54 Å². The molecule has 2 heterocycles. The Morgan fingerprint density at radius 1 is 1.29 bits per heavy atom. The molecule has 128 valence electrons. The smallest absolute Gasteiger partial charge is 0.242 e. The van der Waals surface area contributed by atoms with Crippen LogP contribution in [0, 0.1) is 13.8 Å². The molecule has 5 heteroatoms. The summed E-state index contributed by atoms with van der Waals surface area (Å²) in [4.78, 5) is 21.0. The molecule has 1 aromatic carbocycles. The molecule has 0 saturated heterocycles. The molecule has 0 radical (unpaired) electrons. The highest BCUT2D eigenvalue weighted by molar-refractivity contribution is 5.75. The molecule has 24 heavy (non-hydrogen) atoms. The van der Waals surface area contributed by atoms with Crippen LogP contribution in [0.1, 0.15) is 22.5 Å². The summed E-state index contributed by atoms with van der Waals surface area (Å²) < 4.78 is 1.92. The first-order valence-corrected chi connectivity index (χ1v) is 8.45. The van der Waals surface area contributed by atoms with Gasteiger partial charge in [-0.3, -0.25) is 9.69 Å². The highest BCUT2D eigenvalue weighted by Crippen LogP contribution is 2.22. The fraction of sp³-hybridized carbons (Fsp3) is 0.474. The molecule has 0 bridgehead atoms. The van der Waals surface area contributed by atoms with Crippen molar-refractivity contribution in [2.75, 3.05) is 20.6 Å². The molecule has 0 aliphatic carbocycles. The van der Waals surface area contributed by atoms with Gasteiger partial charge in [-0.1, -0.05) is 24.3 Å². The van der Waals surface area contributed by atoms with E-state index >= 15 is 0 Å². The molecule has 0 fully saturated rings. The first-order valence-electron chi connectivity index (χ1n) is 8.45. The minimum atomic E-state index is 0.128. The van der Waals surface area contributed by atoms with Crippen molar-refractivity contribution >= 4 is 5.91 Å². The lowest BCUT2D eigenvalue weighted by Crippen LogP contribution is -2.46. The lowest BCUT2D eigenvalue weighted by Gasteiger charge is -2.36. The van der Waals surface area contributed by atoms with Gasteiger partial charge in [0, 0.05) is 31.9 Å². The molecule has 1 aliphatic rings. The summed E-state index contributed by atoms with van der Waals surface area (Å²) in [7, 11) is 4.04. The largest absolute Gasteiger partial charge is 0.343 e. The quantitative estimate of drug-likeness (QED) is 0.863. The number of benzene rings is 1. The Morgan fingerprint density at radius 2 is 2.00 bits per heavy atom. The maximum absolute atomic E-state index is 12.6. The van der Waals surface area contributed by atoms with Crippen molar-refractivity contribution < 1.29 is 4.79 Å². The standard InChI is InChI=1S/C19H26N4O/c1-14-15(2)23(13-20-14)12-19(24)22(4)11-18-9-16-7-5-6-8-17(16)10-21(18)3/h5-8,13,18H,9-12H2,1-4H3/t18-/m1/s1. The zero-order chi connectivity index (χ0) is 17.3. The second-order valence-electron chi connectivity index (χ2n) is 6.86. The molecular weight excluding hydrogens is 300 g/mol. The predicted molar refractivity (Wildman–Crippen MR) is 94.7 cm³/mol. The second kappa shape index (κ2) is 6.77. The van der Waals surface area contributed by atoms with Gasteiger partial charge in [-0.15, -0.1) is 0 Å². The maximum atomic E-state index is 12.6. The molecule has 0 unspecified atom stereocenters. The number of imidazole rings is 1. The molecule has 5 nitrogen and oxygen atoms in total. The number of aromatic nitrogens is 2. The molecule has 0 spiro atoms. The first-order chi connectivity index (χ1) is 11.5. The Hall–Kier alpha value is -2.14. The van der Waals surface area contributed by atoms with Crippen LogP contribution in [-0.4, -0.2) is 51.9 Å². The van der Waals surface area contributed by atoms with Crippen LogP contribution in [0.4, 0.5) is 0 Å². The first kappa shape index (κ1) is 16.7. The number of carbonyl (C=O) groups is 1. The monoisotopic (exact) mass is 326 g/mol. The number of amides is 1. The van der Waals surface area contributed by atoms with Crippen molar-refractivity contribution in [3.05, 3.63) is 53.1 Å². The van der Waals surface area contributed by atoms with E-state index in [-0.39, 0.29) is 5.91 Å². The number of aryl methyl sites for hydroxylation is 1. The van der Waals surface area contributed by atoms with Crippen LogP contribution in [0.5, 0.6) is 0 Å². The molecule has 1 aliphatic heterocycles. The number of carbonyl (C=O) groups excluding carboxylic acids is 1. The van der Waals surface area contributed by atoms with Gasteiger partial charge >= 0.3 is 0 Å². The van der Waals surface area contributed by atoms with Crippen LogP contribution in [-0.2, 0) is 24.3 Å². The van der Waals surface area contributed by atoms with Gasteiger partial charge in [-0.05, 0) is 38.4 Å². The van der Waals surface area contributed by atoms with Gasteiger partial charge in [-0.25, -0.2) is 4.98 Å². The average Bonchev–Trinajstić information content (AvgIpc) is 2.87. The Kier molecular flexibility index (Phi) is 4.71. The summed E-state index contributed by atoms with van der Waals surface area (Å²) in [5.41, 5.74) is 4.84. The molecule has 1 amide bonds. The van der Waals surface area contributed by atoms with Crippen LogP contribution in [0.2, 0.25) is 0 Å². The van der Waals surface area contributed by atoms with Gasteiger partial charge in [0.05, 0.1) is 12.0 Å². The molecule has 1 atom stereocenters. The van der Waals surface area contributed by atoms with Crippen molar-refractivity contribution in [1.29, 1.82) is 0 Å². The number of nitrogens with zero attached hydrogens (tertiary/aromatic N) is 4. The van der Waals surface area contributed by atoms with Crippen molar-refractivity contribution in [2.24, 2.45) is 0 Å². The van der Waals surface area contributed by atoms with E-state index in [1.54, 1.807) is 6.33 Å². The van der Waals surface area contributed by atoms with Gasteiger partial charge in [0.2, 0.25) is 5.91 Å². The second-order valence-corrected chi connectivity index (χ2v) is 6.86. The molecule has 2 aromatic rings. The predicted octanol–water partition coefficient (Wildman–Crippen LogP) is 2.02. The zero-order valence-electron chi connectivity index (χ0n) is 15.0. The lowest BCUT2D eigenvalue weighted by atomic mass is 9.94. The number of rotatable bonds is 4. The van der Waals surface area contributed by atoms with E-state index in [1.165, 1.54) is 11.1 Å². The van der Waals surface area contributed by atoms with E-state index in [9.17, 15) is 4.79 Å². The van der Waals surface area contributed by atoms with Crippen LogP contribution in [0.25, 0.3) is 0 Å². The average molecular weight is 326 g/mol. The Labute approximate surface area is 143 Å². The van der Waals surface area contributed by atoms with Crippen molar-refractivity contribution in [1.82, 2.24) is 19.4 Å². The number of fused-ring (bicyclic) bond motifs is 1. The third-order valence-electron chi connectivity index (χ3n) is 5.18. The summed E-state index contributed by atoms with van der Waals surface area (Å²) in [5, 5.41) is 0. The molecule has 0 N–H and O–H groups in total. The number of hydrogen-bond donors (Lipinski definition) is 0. The Morgan fingerprint density at radius 3 is 2.67 bits per heavy atom. The maximum Gasteiger partial charge on any atom is 0.242 e. The number of likely N-dealkylation sites (N-methyl/N-ethyl adjacent to an activating group) is 2. The van der Waals surface area contributed by atoms with Crippen molar-refractivity contribution in [3.63, 3.8) is 0 Å². The van der Waals surface area contributed by atoms with Crippen LogP contribution in [0.15, 0.2) is 30.6 Å². The van der Waals surface area contributed by atoms with E-state index in [2.05, 4.69) is 41.2 Å². The van der Waals surface area contributed by atoms with Crippen LogP contribution in [0.3, 0.4) is 0 Å². The Balaban J connectivity index is 1.63. The Bertz CT molecular complexity index is 737. The van der Waals surface area contributed by atoms with Gasteiger partial charge in [0.25, 0.3) is 0 Å². The normalized spacial score (nSPS) is 17.6. The lowest BCUT2D eigenvalue weighted by molar-refractivity contribution is -0.131. The molecular formula is C19H26N4O. The summed E-state index contributed by atoms with van der Waals surface area (Å²) in [5.74, 6) is 0.128. The van der Waals surface area contributed by atoms with E-state index < -0.39 is 0 Å². The fourth-order valence-corrected chi connectivity index (χ4v) is 3.31. The van der Waals surface area contributed by atoms with Crippen molar-refractivity contribution in [3.8, 4) is 0 Å². The minimum Gasteiger partial charge on any atom is -0.343 e. The summed E-state index contributed by atoms with van der Waals surface area (Å²) in [6.07, 6.45) is 2.74. The molecule has 1 aromatic heterocycles. The topological polar surface area (TPSA) is 41.4 Å². The number of hydrogen-bond acceptors (Lipinski definition) is 3. The fourth-order valence-electron chi connectivity index (χ4n) is 3.31. The third-order valence-corrected chi connectivity index (χ3v) is 5.18. The minimum absolute atomic E-state index is 0.128. The van der Waals surface area contributed by atoms with E-state index in [4.69, 9.17) is 0 Å². The summed E-state index contributed by atoms with van der Waals surface area (Å²) >= 11 is 0. The van der Waals surface area contributed by atoms with Gasteiger partial charge in [-0.2, -0.15) is 0 Å². The van der Waals surface area contributed by atoms with E-state index in [1.807, 2.05) is 30.4 Å². The van der Waals surface area contributed by atoms with Crippen LogP contribution >= 0.6 is 0 Å². The van der Waals surface area contributed by atoms with Gasteiger partial charge in [0.15, 0.2) is 0 Å². The molecule has 3 rings (SSSR count).